The number of hydrogen-bond acceptors (Lipinski definition) is 8. The second-order valence-electron chi connectivity index (χ2n) is 8.48. The molecule has 35 heavy (non-hydrogen) atoms. The van der Waals surface area contributed by atoms with E-state index in [4.69, 9.17) is 14.7 Å². The minimum Gasteiger partial charge on any atom is -0.378 e. The normalized spacial score (nSPS) is 14.1. The van der Waals surface area contributed by atoms with E-state index in [1.807, 2.05) is 18.2 Å². The Kier molecular flexibility index (Phi) is 5.39. The maximum absolute atomic E-state index is 11.6. The van der Waals surface area contributed by atoms with Crippen LogP contribution in [0.1, 0.15) is 12.5 Å². The number of pyridine rings is 1. The summed E-state index contributed by atoms with van der Waals surface area (Å²) in [6.45, 7) is 6.47. The predicted octanol–water partition coefficient (Wildman–Crippen LogP) is 4.40. The lowest BCUT2D eigenvalue weighted by atomic mass is 10.1. The van der Waals surface area contributed by atoms with Gasteiger partial charge in [0.15, 0.2) is 11.6 Å². The van der Waals surface area contributed by atoms with E-state index in [2.05, 4.69) is 38.4 Å². The standard InChI is InChI=1S/C25H23N7O2S/c1-14-21-23(35-22(14)16-4-3-5-17(10-16)28-15(2)33)25(32-6-8-34-9-7-32)30-24(29-21)19-11-26-13-20-18(19)12-27-31-20/h3-5,10-13H,6-9H2,1-2H3,(H,27,31)(H,28,33). The zero-order valence-electron chi connectivity index (χ0n) is 19.3. The van der Waals surface area contributed by atoms with E-state index in [0.29, 0.717) is 19.0 Å². The highest BCUT2D eigenvalue weighted by Gasteiger charge is 2.23. The Bertz CT molecular complexity index is 1570. The van der Waals surface area contributed by atoms with Crippen LogP contribution in [0.2, 0.25) is 0 Å². The minimum absolute atomic E-state index is 0.0950. The van der Waals surface area contributed by atoms with Crippen molar-refractivity contribution in [3.8, 4) is 21.8 Å². The zero-order valence-corrected chi connectivity index (χ0v) is 20.1. The number of amides is 1. The molecular weight excluding hydrogens is 462 g/mol. The molecule has 0 unspecified atom stereocenters. The maximum atomic E-state index is 11.6. The number of anilines is 2. The highest BCUT2D eigenvalue weighted by Crippen LogP contribution is 2.43. The summed E-state index contributed by atoms with van der Waals surface area (Å²) in [7, 11) is 0. The van der Waals surface area contributed by atoms with Gasteiger partial charge in [0, 0.05) is 47.7 Å². The van der Waals surface area contributed by atoms with Crippen LogP contribution in [-0.4, -0.2) is 57.4 Å². The Hall–Kier alpha value is -3.89. The van der Waals surface area contributed by atoms with Crippen LogP contribution in [0.4, 0.5) is 11.5 Å². The van der Waals surface area contributed by atoms with Crippen molar-refractivity contribution in [3.63, 3.8) is 0 Å². The Morgan fingerprint density at radius 3 is 2.86 bits per heavy atom. The number of nitrogens with one attached hydrogen (secondary N) is 2. The quantitative estimate of drug-likeness (QED) is 0.388. The monoisotopic (exact) mass is 485 g/mol. The highest BCUT2D eigenvalue weighted by atomic mass is 32.1. The molecule has 0 bridgehead atoms. The van der Waals surface area contributed by atoms with Crippen molar-refractivity contribution in [1.82, 2.24) is 25.1 Å². The molecule has 1 amide bonds. The van der Waals surface area contributed by atoms with E-state index < -0.39 is 0 Å². The summed E-state index contributed by atoms with van der Waals surface area (Å²) >= 11 is 1.68. The molecule has 4 aromatic heterocycles. The van der Waals surface area contributed by atoms with E-state index in [1.165, 1.54) is 6.92 Å². The third-order valence-electron chi connectivity index (χ3n) is 6.11. The topological polar surface area (TPSA) is 109 Å². The van der Waals surface area contributed by atoms with Gasteiger partial charge in [-0.1, -0.05) is 12.1 Å². The first-order chi connectivity index (χ1) is 17.1. The van der Waals surface area contributed by atoms with Crippen LogP contribution in [0.25, 0.3) is 42.9 Å². The van der Waals surface area contributed by atoms with Crippen molar-refractivity contribution in [3.05, 3.63) is 48.4 Å². The lowest BCUT2D eigenvalue weighted by molar-refractivity contribution is -0.114. The van der Waals surface area contributed by atoms with Crippen LogP contribution in [0.15, 0.2) is 42.9 Å². The number of H-pyrrole nitrogens is 1. The van der Waals surface area contributed by atoms with Crippen LogP contribution in [0.5, 0.6) is 0 Å². The number of carbonyl (C=O) groups excluding carboxylic acids is 1. The average molecular weight is 486 g/mol. The van der Waals surface area contributed by atoms with Gasteiger partial charge in [-0.3, -0.25) is 14.9 Å². The summed E-state index contributed by atoms with van der Waals surface area (Å²) in [6, 6.07) is 7.90. The van der Waals surface area contributed by atoms with Crippen molar-refractivity contribution in [1.29, 1.82) is 0 Å². The molecule has 1 aliphatic rings. The number of aromatic amines is 1. The van der Waals surface area contributed by atoms with Gasteiger partial charge in [-0.25, -0.2) is 9.97 Å². The van der Waals surface area contributed by atoms with Crippen molar-refractivity contribution < 1.29 is 9.53 Å². The molecule has 2 N–H and O–H groups in total. The van der Waals surface area contributed by atoms with E-state index in [9.17, 15) is 4.79 Å². The second-order valence-corrected chi connectivity index (χ2v) is 9.51. The summed E-state index contributed by atoms with van der Waals surface area (Å²) < 4.78 is 6.64. The third-order valence-corrected chi connectivity index (χ3v) is 7.44. The number of thiophene rings is 1. The molecule has 5 heterocycles. The van der Waals surface area contributed by atoms with E-state index in [0.717, 1.165) is 67.3 Å². The minimum atomic E-state index is -0.0950. The van der Waals surface area contributed by atoms with Gasteiger partial charge in [0.1, 0.15) is 0 Å². The summed E-state index contributed by atoms with van der Waals surface area (Å²) in [5.41, 5.74) is 5.48. The first-order valence-electron chi connectivity index (χ1n) is 11.4. The van der Waals surface area contributed by atoms with Crippen LogP contribution in [-0.2, 0) is 9.53 Å². The molecule has 5 aromatic rings. The Morgan fingerprint density at radius 2 is 2.03 bits per heavy atom. The lowest BCUT2D eigenvalue weighted by Gasteiger charge is -2.28. The first-order valence-corrected chi connectivity index (χ1v) is 12.2. The zero-order chi connectivity index (χ0) is 23.9. The van der Waals surface area contributed by atoms with Gasteiger partial charge in [-0.05, 0) is 30.2 Å². The molecule has 0 atom stereocenters. The molecule has 0 radical (unpaired) electrons. The summed E-state index contributed by atoms with van der Waals surface area (Å²) in [4.78, 5) is 29.4. The lowest BCUT2D eigenvalue weighted by Crippen LogP contribution is -2.36. The average Bonchev–Trinajstić information content (AvgIpc) is 3.48. The SMILES string of the molecule is CC(=O)Nc1cccc(-c2sc3c(N4CCOCC4)nc(-c4cncc5[nH]ncc45)nc3c2C)c1. The number of morpholine rings is 1. The number of hydrogen-bond donors (Lipinski definition) is 2. The van der Waals surface area contributed by atoms with E-state index >= 15 is 0 Å². The molecule has 1 saturated heterocycles. The molecule has 1 aliphatic heterocycles. The molecule has 10 heteroatoms. The molecule has 176 valence electrons. The van der Waals surface area contributed by atoms with Crippen molar-refractivity contribution in [2.75, 3.05) is 36.5 Å². The smallest absolute Gasteiger partial charge is 0.221 e. The largest absolute Gasteiger partial charge is 0.378 e. The van der Waals surface area contributed by atoms with Gasteiger partial charge in [0.25, 0.3) is 0 Å². The van der Waals surface area contributed by atoms with Gasteiger partial charge < -0.3 is 15.0 Å². The van der Waals surface area contributed by atoms with Gasteiger partial charge in [0.2, 0.25) is 5.91 Å². The number of rotatable bonds is 4. The number of carbonyl (C=O) groups is 1. The van der Waals surface area contributed by atoms with Gasteiger partial charge in [0.05, 0.1) is 41.3 Å². The fourth-order valence-corrected chi connectivity index (χ4v) is 5.70. The Labute approximate surface area is 205 Å². The predicted molar refractivity (Wildman–Crippen MR) is 138 cm³/mol. The Morgan fingerprint density at radius 1 is 1.17 bits per heavy atom. The fraction of sp³-hybridized carbons (Fsp3) is 0.240. The van der Waals surface area contributed by atoms with Gasteiger partial charge in [-0.2, -0.15) is 5.10 Å². The summed E-state index contributed by atoms with van der Waals surface area (Å²) in [5.74, 6) is 1.44. The van der Waals surface area contributed by atoms with Crippen molar-refractivity contribution in [2.24, 2.45) is 0 Å². The van der Waals surface area contributed by atoms with Crippen molar-refractivity contribution >= 4 is 49.9 Å². The van der Waals surface area contributed by atoms with Crippen LogP contribution in [0, 0.1) is 6.92 Å². The number of aryl methyl sites for hydroxylation is 1. The number of nitrogens with zero attached hydrogens (tertiary/aromatic N) is 5. The third kappa shape index (κ3) is 3.90. The summed E-state index contributed by atoms with van der Waals surface area (Å²) in [5, 5.41) is 11.0. The molecule has 0 saturated carbocycles. The number of fused-ring (bicyclic) bond motifs is 2. The van der Waals surface area contributed by atoms with Crippen LogP contribution >= 0.6 is 11.3 Å². The van der Waals surface area contributed by atoms with Crippen LogP contribution < -0.4 is 10.2 Å². The molecule has 6 rings (SSSR count). The maximum Gasteiger partial charge on any atom is 0.221 e. The first kappa shape index (κ1) is 21.6. The molecule has 0 aliphatic carbocycles. The molecule has 9 nitrogen and oxygen atoms in total. The van der Waals surface area contributed by atoms with E-state index in [-0.39, 0.29) is 5.91 Å². The Balaban J connectivity index is 1.56. The molecule has 1 aromatic carbocycles. The van der Waals surface area contributed by atoms with E-state index in [1.54, 1.807) is 29.9 Å². The number of aromatic nitrogens is 5. The number of benzene rings is 1. The van der Waals surface area contributed by atoms with Gasteiger partial charge in [-0.15, -0.1) is 11.3 Å². The van der Waals surface area contributed by atoms with Gasteiger partial charge >= 0.3 is 0 Å². The molecular formula is C25H23N7O2S. The second kappa shape index (κ2) is 8.71. The molecule has 1 fully saturated rings. The fourth-order valence-electron chi connectivity index (χ4n) is 4.44. The van der Waals surface area contributed by atoms with Crippen LogP contribution in [0.3, 0.4) is 0 Å². The number of ether oxygens (including phenoxy) is 1. The summed E-state index contributed by atoms with van der Waals surface area (Å²) in [6.07, 6.45) is 5.33. The molecule has 0 spiro atoms. The highest BCUT2D eigenvalue weighted by molar-refractivity contribution is 7.23. The van der Waals surface area contributed by atoms with Crippen molar-refractivity contribution in [2.45, 2.75) is 13.8 Å².